The fraction of sp³-hybridized carbons (Fsp3) is 0.846. The van der Waals surface area contributed by atoms with Crippen molar-refractivity contribution < 1.29 is 9.52 Å². The van der Waals surface area contributed by atoms with Crippen molar-refractivity contribution in [1.82, 2.24) is 15.1 Å². The van der Waals surface area contributed by atoms with Crippen LogP contribution in [0.3, 0.4) is 0 Å². The summed E-state index contributed by atoms with van der Waals surface area (Å²) in [4.78, 5) is 2.27. The van der Waals surface area contributed by atoms with Crippen LogP contribution < -0.4 is 0 Å². The molecule has 5 nitrogen and oxygen atoms in total. The van der Waals surface area contributed by atoms with Crippen molar-refractivity contribution >= 4 is 0 Å². The zero-order valence-electron chi connectivity index (χ0n) is 10.7. The Hall–Kier alpha value is -0.940. The van der Waals surface area contributed by atoms with E-state index in [-0.39, 0.29) is 12.6 Å². The number of aliphatic hydroxyl groups excluding tert-OH is 1. The van der Waals surface area contributed by atoms with Gasteiger partial charge in [0.15, 0.2) is 0 Å². The van der Waals surface area contributed by atoms with Crippen LogP contribution in [-0.4, -0.2) is 39.9 Å². The van der Waals surface area contributed by atoms with Gasteiger partial charge in [-0.3, -0.25) is 4.90 Å². The van der Waals surface area contributed by atoms with Gasteiger partial charge in [0, 0.05) is 12.5 Å². The molecule has 3 rings (SSSR count). The second-order valence-electron chi connectivity index (χ2n) is 5.38. The molecule has 1 aliphatic carbocycles. The van der Waals surface area contributed by atoms with E-state index in [4.69, 9.17) is 9.52 Å². The van der Waals surface area contributed by atoms with Crippen molar-refractivity contribution in [2.45, 2.75) is 50.5 Å². The third-order valence-corrected chi connectivity index (χ3v) is 4.20. The van der Waals surface area contributed by atoms with Crippen LogP contribution in [0.5, 0.6) is 0 Å². The van der Waals surface area contributed by atoms with Gasteiger partial charge in [-0.2, -0.15) is 0 Å². The van der Waals surface area contributed by atoms with Crippen LogP contribution in [0.1, 0.15) is 62.3 Å². The van der Waals surface area contributed by atoms with Gasteiger partial charge in [0.2, 0.25) is 11.8 Å². The van der Waals surface area contributed by atoms with Crippen molar-refractivity contribution in [3.05, 3.63) is 11.8 Å². The summed E-state index contributed by atoms with van der Waals surface area (Å²) >= 11 is 0. The Morgan fingerprint density at radius 3 is 2.67 bits per heavy atom. The van der Waals surface area contributed by atoms with E-state index < -0.39 is 0 Å². The molecular formula is C13H21N3O2. The number of β-amino-alcohol motifs (C(OH)–C–C–N with tert-alkyl or cyclic N) is 1. The Morgan fingerprint density at radius 2 is 1.94 bits per heavy atom. The summed E-state index contributed by atoms with van der Waals surface area (Å²) in [6, 6.07) is 0.215. The Kier molecular flexibility index (Phi) is 3.61. The number of piperidine rings is 1. The maximum Gasteiger partial charge on any atom is 0.233 e. The fourth-order valence-electron chi connectivity index (χ4n) is 2.87. The van der Waals surface area contributed by atoms with E-state index in [0.717, 1.165) is 24.7 Å². The third kappa shape index (κ3) is 2.29. The fourth-order valence-corrected chi connectivity index (χ4v) is 2.87. The number of aromatic nitrogens is 2. The minimum absolute atomic E-state index is 0.195. The highest BCUT2D eigenvalue weighted by molar-refractivity contribution is 4.99. The molecule has 1 unspecified atom stereocenters. The smallest absolute Gasteiger partial charge is 0.233 e. The first-order valence-corrected chi connectivity index (χ1v) is 7.06. The van der Waals surface area contributed by atoms with Crippen molar-refractivity contribution in [2.75, 3.05) is 19.7 Å². The summed E-state index contributed by atoms with van der Waals surface area (Å²) in [6.45, 7) is 1.91. The van der Waals surface area contributed by atoms with Crippen LogP contribution >= 0.6 is 0 Å². The van der Waals surface area contributed by atoms with Crippen molar-refractivity contribution in [3.63, 3.8) is 0 Å². The van der Waals surface area contributed by atoms with Gasteiger partial charge in [0.05, 0.1) is 12.6 Å². The molecule has 0 aromatic carbocycles. The minimum atomic E-state index is 0.195. The largest absolute Gasteiger partial charge is 0.423 e. The molecule has 1 aromatic rings. The molecule has 1 saturated carbocycles. The lowest BCUT2D eigenvalue weighted by atomic mass is 9.85. The molecular weight excluding hydrogens is 230 g/mol. The van der Waals surface area contributed by atoms with E-state index in [0.29, 0.717) is 12.5 Å². The molecule has 0 radical (unpaired) electrons. The molecule has 2 aliphatic rings. The third-order valence-electron chi connectivity index (χ3n) is 4.20. The molecule has 0 bridgehead atoms. The summed E-state index contributed by atoms with van der Waals surface area (Å²) in [5, 5.41) is 17.6. The second-order valence-corrected chi connectivity index (χ2v) is 5.38. The Balaban J connectivity index is 1.72. The Morgan fingerprint density at radius 1 is 1.11 bits per heavy atom. The number of nitrogens with zero attached hydrogens (tertiary/aromatic N) is 3. The number of rotatable bonds is 4. The summed E-state index contributed by atoms with van der Waals surface area (Å²) in [5.74, 6) is 2.08. The molecule has 1 aliphatic heterocycles. The molecule has 100 valence electrons. The SMILES string of the molecule is OCCN1CCCCC1c1nnc(C2CCC2)o1. The molecule has 1 N–H and O–H groups in total. The zero-order valence-corrected chi connectivity index (χ0v) is 10.7. The van der Waals surface area contributed by atoms with Gasteiger partial charge < -0.3 is 9.52 Å². The van der Waals surface area contributed by atoms with E-state index >= 15 is 0 Å². The van der Waals surface area contributed by atoms with Crippen LogP contribution in [0.4, 0.5) is 0 Å². The Bertz CT molecular complexity index is 387. The molecule has 1 aromatic heterocycles. The normalized spacial score (nSPS) is 26.2. The molecule has 0 spiro atoms. The lowest BCUT2D eigenvalue weighted by Gasteiger charge is -2.32. The number of hydrogen-bond donors (Lipinski definition) is 1. The topological polar surface area (TPSA) is 62.4 Å². The Labute approximate surface area is 107 Å². The summed E-state index contributed by atoms with van der Waals surface area (Å²) in [6.07, 6.45) is 7.11. The second kappa shape index (κ2) is 5.36. The van der Waals surface area contributed by atoms with Gasteiger partial charge >= 0.3 is 0 Å². The van der Waals surface area contributed by atoms with Gasteiger partial charge in [0.25, 0.3) is 0 Å². The summed E-state index contributed by atoms with van der Waals surface area (Å²) in [7, 11) is 0. The highest BCUT2D eigenvalue weighted by Gasteiger charge is 2.30. The van der Waals surface area contributed by atoms with E-state index in [1.54, 1.807) is 0 Å². The van der Waals surface area contributed by atoms with Gasteiger partial charge in [0.1, 0.15) is 0 Å². The van der Waals surface area contributed by atoms with E-state index in [1.807, 2.05) is 0 Å². The highest BCUT2D eigenvalue weighted by Crippen LogP contribution is 2.37. The van der Waals surface area contributed by atoms with Crippen molar-refractivity contribution in [2.24, 2.45) is 0 Å². The average Bonchev–Trinajstić information content (AvgIpc) is 2.77. The van der Waals surface area contributed by atoms with Crippen LogP contribution in [0, 0.1) is 0 Å². The first kappa shape index (κ1) is 12.1. The van der Waals surface area contributed by atoms with Gasteiger partial charge in [-0.1, -0.05) is 12.8 Å². The van der Waals surface area contributed by atoms with Gasteiger partial charge in [-0.25, -0.2) is 0 Å². The van der Waals surface area contributed by atoms with Crippen LogP contribution in [0.15, 0.2) is 4.42 Å². The molecule has 5 heteroatoms. The lowest BCUT2D eigenvalue weighted by Crippen LogP contribution is -2.35. The van der Waals surface area contributed by atoms with E-state index in [9.17, 15) is 0 Å². The summed E-state index contributed by atoms with van der Waals surface area (Å²) in [5.41, 5.74) is 0. The summed E-state index contributed by atoms with van der Waals surface area (Å²) < 4.78 is 5.86. The van der Waals surface area contributed by atoms with Crippen LogP contribution in [0.25, 0.3) is 0 Å². The minimum Gasteiger partial charge on any atom is -0.423 e. The number of likely N-dealkylation sites (tertiary alicyclic amines) is 1. The molecule has 2 fully saturated rings. The monoisotopic (exact) mass is 251 g/mol. The standard InChI is InChI=1S/C13H21N3O2/c17-9-8-16-7-2-1-6-11(16)13-15-14-12(18-13)10-4-3-5-10/h10-11,17H,1-9H2. The average molecular weight is 251 g/mol. The van der Waals surface area contributed by atoms with E-state index in [2.05, 4.69) is 15.1 Å². The highest BCUT2D eigenvalue weighted by atomic mass is 16.4. The predicted molar refractivity (Wildman–Crippen MR) is 66.1 cm³/mol. The molecule has 1 atom stereocenters. The predicted octanol–water partition coefficient (Wildman–Crippen LogP) is 1.86. The van der Waals surface area contributed by atoms with Crippen LogP contribution in [0.2, 0.25) is 0 Å². The maximum absolute atomic E-state index is 9.12. The van der Waals surface area contributed by atoms with Crippen molar-refractivity contribution in [1.29, 1.82) is 0 Å². The quantitative estimate of drug-likeness (QED) is 0.885. The zero-order chi connectivity index (χ0) is 12.4. The van der Waals surface area contributed by atoms with Gasteiger partial charge in [-0.05, 0) is 32.2 Å². The van der Waals surface area contributed by atoms with Gasteiger partial charge in [-0.15, -0.1) is 10.2 Å². The van der Waals surface area contributed by atoms with Crippen LogP contribution in [-0.2, 0) is 0 Å². The maximum atomic E-state index is 9.12. The van der Waals surface area contributed by atoms with Crippen molar-refractivity contribution in [3.8, 4) is 0 Å². The molecule has 18 heavy (non-hydrogen) atoms. The molecule has 2 heterocycles. The lowest BCUT2D eigenvalue weighted by molar-refractivity contribution is 0.0980. The first-order valence-electron chi connectivity index (χ1n) is 7.06. The van der Waals surface area contributed by atoms with E-state index in [1.165, 1.54) is 32.1 Å². The first-order chi connectivity index (χ1) is 8.88. The number of hydrogen-bond acceptors (Lipinski definition) is 5. The molecule has 0 amide bonds. The number of aliphatic hydroxyl groups is 1. The molecule has 1 saturated heterocycles.